The molecule has 1 aliphatic rings. The zero-order valence-electron chi connectivity index (χ0n) is 15.3. The number of benzene rings is 1. The Bertz CT molecular complexity index is 802. The van der Waals surface area contributed by atoms with Crippen molar-refractivity contribution in [3.8, 4) is 10.6 Å². The van der Waals surface area contributed by atoms with Gasteiger partial charge in [-0.2, -0.15) is 13.2 Å². The van der Waals surface area contributed by atoms with Crippen molar-refractivity contribution in [3.63, 3.8) is 0 Å². The highest BCUT2D eigenvalue weighted by Gasteiger charge is 2.30. The molecular weight excluding hydrogens is 375 g/mol. The third-order valence-electron chi connectivity index (χ3n) is 4.87. The molecule has 3 rings (SSSR count). The Balaban J connectivity index is 1.69. The molecule has 1 atom stereocenters. The molecule has 1 amide bonds. The molecule has 2 aromatic rings. The molecule has 0 spiro atoms. The minimum atomic E-state index is -4.37. The van der Waals surface area contributed by atoms with E-state index < -0.39 is 11.7 Å². The van der Waals surface area contributed by atoms with Gasteiger partial charge in [-0.3, -0.25) is 9.69 Å². The summed E-state index contributed by atoms with van der Waals surface area (Å²) in [7, 11) is 0. The zero-order valence-corrected chi connectivity index (χ0v) is 16.1. The van der Waals surface area contributed by atoms with E-state index in [1.165, 1.54) is 23.5 Å². The molecule has 1 aromatic heterocycles. The van der Waals surface area contributed by atoms with Crippen LogP contribution in [0.4, 0.5) is 13.2 Å². The standard InChI is InChI=1S/C19H22F3N3OS/c1-3-25-10-4-5-15(25)11-23-17(26)16-12(2)24-18(27-16)13-6-8-14(9-7-13)19(20,21)22/h6-9,15H,3-5,10-11H2,1-2H3,(H,23,26). The monoisotopic (exact) mass is 397 g/mol. The maximum absolute atomic E-state index is 12.7. The Labute approximate surface area is 160 Å². The van der Waals surface area contributed by atoms with E-state index in [2.05, 4.69) is 22.1 Å². The van der Waals surface area contributed by atoms with Crippen molar-refractivity contribution in [2.75, 3.05) is 19.6 Å². The number of hydrogen-bond donors (Lipinski definition) is 1. The lowest BCUT2D eigenvalue weighted by Crippen LogP contribution is -2.39. The van der Waals surface area contributed by atoms with Crippen molar-refractivity contribution in [2.45, 2.75) is 38.9 Å². The zero-order chi connectivity index (χ0) is 19.6. The first-order chi connectivity index (χ1) is 12.8. The normalized spacial score (nSPS) is 18.0. The topological polar surface area (TPSA) is 45.2 Å². The summed E-state index contributed by atoms with van der Waals surface area (Å²) in [5, 5.41) is 3.52. The van der Waals surface area contributed by atoms with E-state index in [4.69, 9.17) is 0 Å². The summed E-state index contributed by atoms with van der Waals surface area (Å²) in [6, 6.07) is 5.21. The van der Waals surface area contributed by atoms with Gasteiger partial charge in [-0.1, -0.05) is 19.1 Å². The van der Waals surface area contributed by atoms with Gasteiger partial charge < -0.3 is 5.32 Å². The molecule has 2 heterocycles. The third-order valence-corrected chi connectivity index (χ3v) is 6.07. The van der Waals surface area contributed by atoms with Crippen molar-refractivity contribution in [2.24, 2.45) is 0 Å². The number of alkyl halides is 3. The number of thiazole rings is 1. The van der Waals surface area contributed by atoms with Gasteiger partial charge in [-0.15, -0.1) is 11.3 Å². The molecule has 4 nitrogen and oxygen atoms in total. The number of likely N-dealkylation sites (tertiary alicyclic amines) is 1. The minimum Gasteiger partial charge on any atom is -0.350 e. The Morgan fingerprint density at radius 2 is 2.04 bits per heavy atom. The maximum atomic E-state index is 12.7. The Kier molecular flexibility index (Phi) is 5.86. The van der Waals surface area contributed by atoms with Gasteiger partial charge in [0.15, 0.2) is 0 Å². The first-order valence-corrected chi connectivity index (χ1v) is 9.78. The molecular formula is C19H22F3N3OS. The number of aryl methyl sites for hydroxylation is 1. The number of amides is 1. The minimum absolute atomic E-state index is 0.175. The van der Waals surface area contributed by atoms with Crippen LogP contribution in [0.25, 0.3) is 10.6 Å². The molecule has 1 fully saturated rings. The number of halogens is 3. The summed E-state index contributed by atoms with van der Waals surface area (Å²) in [5.74, 6) is -0.175. The van der Waals surface area contributed by atoms with Gasteiger partial charge in [0.25, 0.3) is 5.91 Å². The van der Waals surface area contributed by atoms with Crippen LogP contribution in [-0.4, -0.2) is 41.5 Å². The van der Waals surface area contributed by atoms with E-state index in [1.807, 2.05) is 0 Å². The molecule has 0 radical (unpaired) electrons. The van der Waals surface area contributed by atoms with Crippen molar-refractivity contribution in [1.82, 2.24) is 15.2 Å². The largest absolute Gasteiger partial charge is 0.416 e. The molecule has 146 valence electrons. The van der Waals surface area contributed by atoms with Crippen LogP contribution in [0.1, 0.15) is 40.7 Å². The van der Waals surface area contributed by atoms with Crippen LogP contribution in [0.2, 0.25) is 0 Å². The van der Waals surface area contributed by atoms with Gasteiger partial charge in [0.1, 0.15) is 9.88 Å². The van der Waals surface area contributed by atoms with Crippen LogP contribution in [0, 0.1) is 6.92 Å². The van der Waals surface area contributed by atoms with E-state index in [0.717, 1.165) is 38.1 Å². The number of likely N-dealkylation sites (N-methyl/N-ethyl adjacent to an activating group) is 1. The van der Waals surface area contributed by atoms with Crippen LogP contribution >= 0.6 is 11.3 Å². The number of nitrogens with one attached hydrogen (secondary N) is 1. The molecule has 0 saturated carbocycles. The van der Waals surface area contributed by atoms with Crippen LogP contribution in [0.5, 0.6) is 0 Å². The summed E-state index contributed by atoms with van der Waals surface area (Å²) >= 11 is 1.21. The molecule has 8 heteroatoms. The maximum Gasteiger partial charge on any atom is 0.416 e. The molecule has 0 bridgehead atoms. The van der Waals surface area contributed by atoms with Crippen molar-refractivity contribution < 1.29 is 18.0 Å². The van der Waals surface area contributed by atoms with E-state index >= 15 is 0 Å². The number of rotatable bonds is 5. The number of carbonyl (C=O) groups excluding carboxylic acids is 1. The van der Waals surface area contributed by atoms with E-state index in [-0.39, 0.29) is 5.91 Å². The van der Waals surface area contributed by atoms with Gasteiger partial charge in [-0.25, -0.2) is 4.98 Å². The summed E-state index contributed by atoms with van der Waals surface area (Å²) in [4.78, 5) is 19.8. The predicted molar refractivity (Wildman–Crippen MR) is 99.9 cm³/mol. The number of hydrogen-bond acceptors (Lipinski definition) is 4. The van der Waals surface area contributed by atoms with Gasteiger partial charge in [0, 0.05) is 18.2 Å². The second-order valence-electron chi connectivity index (χ2n) is 6.64. The lowest BCUT2D eigenvalue weighted by Gasteiger charge is -2.22. The quantitative estimate of drug-likeness (QED) is 0.816. The Morgan fingerprint density at radius 1 is 1.33 bits per heavy atom. The van der Waals surface area contributed by atoms with Gasteiger partial charge in [0.2, 0.25) is 0 Å². The van der Waals surface area contributed by atoms with Crippen molar-refractivity contribution in [3.05, 3.63) is 40.4 Å². The smallest absolute Gasteiger partial charge is 0.350 e. The molecule has 1 unspecified atom stereocenters. The summed E-state index contributed by atoms with van der Waals surface area (Å²) in [5.41, 5.74) is 0.462. The lowest BCUT2D eigenvalue weighted by atomic mass is 10.1. The van der Waals surface area contributed by atoms with Crippen LogP contribution in [0.3, 0.4) is 0 Å². The third kappa shape index (κ3) is 4.50. The predicted octanol–water partition coefficient (Wildman–Crippen LogP) is 4.35. The molecule has 27 heavy (non-hydrogen) atoms. The van der Waals surface area contributed by atoms with Gasteiger partial charge in [-0.05, 0) is 45.0 Å². The summed E-state index contributed by atoms with van der Waals surface area (Å²) in [6.07, 6.45) is -2.15. The Morgan fingerprint density at radius 3 is 2.67 bits per heavy atom. The molecule has 1 aliphatic heterocycles. The number of nitrogens with zero attached hydrogens (tertiary/aromatic N) is 2. The highest BCUT2D eigenvalue weighted by atomic mass is 32.1. The van der Waals surface area contributed by atoms with E-state index in [1.54, 1.807) is 6.92 Å². The summed E-state index contributed by atoms with van der Waals surface area (Å²) < 4.78 is 38.1. The fraction of sp³-hybridized carbons (Fsp3) is 0.474. The number of aromatic nitrogens is 1. The van der Waals surface area contributed by atoms with Crippen LogP contribution < -0.4 is 5.32 Å². The second-order valence-corrected chi connectivity index (χ2v) is 7.64. The SMILES string of the molecule is CCN1CCCC1CNC(=O)c1sc(-c2ccc(C(F)(F)F)cc2)nc1C. The lowest BCUT2D eigenvalue weighted by molar-refractivity contribution is -0.137. The average Bonchev–Trinajstić information content (AvgIpc) is 3.25. The molecule has 1 saturated heterocycles. The highest BCUT2D eigenvalue weighted by molar-refractivity contribution is 7.17. The first kappa shape index (κ1) is 19.8. The molecule has 1 aromatic carbocycles. The average molecular weight is 397 g/mol. The van der Waals surface area contributed by atoms with Crippen LogP contribution in [0.15, 0.2) is 24.3 Å². The second kappa shape index (κ2) is 7.98. The van der Waals surface area contributed by atoms with Gasteiger partial charge in [0.05, 0.1) is 11.3 Å². The first-order valence-electron chi connectivity index (χ1n) is 8.97. The molecule has 0 aliphatic carbocycles. The number of carbonyl (C=O) groups is 1. The highest BCUT2D eigenvalue weighted by Crippen LogP contribution is 2.33. The fourth-order valence-electron chi connectivity index (χ4n) is 3.37. The Hall–Kier alpha value is -1.93. The molecule has 1 N–H and O–H groups in total. The summed E-state index contributed by atoms with van der Waals surface area (Å²) in [6.45, 7) is 6.49. The van der Waals surface area contributed by atoms with Gasteiger partial charge >= 0.3 is 6.18 Å². The fourth-order valence-corrected chi connectivity index (χ4v) is 4.35. The van der Waals surface area contributed by atoms with Crippen molar-refractivity contribution >= 4 is 17.2 Å². The van der Waals surface area contributed by atoms with Crippen LogP contribution in [-0.2, 0) is 6.18 Å². The van der Waals surface area contributed by atoms with E-state index in [9.17, 15) is 18.0 Å². The van der Waals surface area contributed by atoms with Crippen molar-refractivity contribution in [1.29, 1.82) is 0 Å². The van der Waals surface area contributed by atoms with E-state index in [0.29, 0.717) is 33.7 Å².